The van der Waals surface area contributed by atoms with Crippen LogP contribution in [0.3, 0.4) is 0 Å². The zero-order valence-corrected chi connectivity index (χ0v) is 13.2. The molecule has 2 saturated carbocycles. The molecule has 0 radical (unpaired) electrons. The Hall–Kier alpha value is -0.370. The van der Waals surface area contributed by atoms with Crippen LogP contribution in [0.5, 0.6) is 0 Å². The van der Waals surface area contributed by atoms with Crippen molar-refractivity contribution in [2.24, 2.45) is 17.8 Å². The molecule has 1 nitrogen and oxygen atoms in total. The van der Waals surface area contributed by atoms with Crippen molar-refractivity contribution in [1.82, 2.24) is 4.98 Å². The molecule has 104 valence electrons. The molecule has 0 N–H and O–H groups in total. The van der Waals surface area contributed by atoms with E-state index < -0.39 is 0 Å². The predicted molar refractivity (Wildman–Crippen MR) is 83.4 cm³/mol. The summed E-state index contributed by atoms with van der Waals surface area (Å²) in [5.41, 5.74) is 1.42. The van der Waals surface area contributed by atoms with Gasteiger partial charge in [-0.3, -0.25) is 4.98 Å². The molecule has 0 amide bonds. The molecule has 4 unspecified atom stereocenters. The zero-order chi connectivity index (χ0) is 13.1. The lowest BCUT2D eigenvalue weighted by atomic mass is 9.66. The third kappa shape index (κ3) is 3.39. The standard InChI is InChI=1S/C17H24BrN/c18-17(11-13-7-9-19-10-8-13)16-6-5-14-3-1-2-4-15(14)12-16/h7-10,14-17H,1-6,11-12H2. The molecule has 0 spiro atoms. The fourth-order valence-electron chi connectivity index (χ4n) is 4.15. The van der Waals surface area contributed by atoms with E-state index in [4.69, 9.17) is 0 Å². The number of nitrogens with zero attached hydrogens (tertiary/aromatic N) is 1. The summed E-state index contributed by atoms with van der Waals surface area (Å²) in [4.78, 5) is 4.75. The Labute approximate surface area is 125 Å². The van der Waals surface area contributed by atoms with Crippen LogP contribution in [0.1, 0.15) is 50.5 Å². The molecule has 1 heterocycles. The highest BCUT2D eigenvalue weighted by molar-refractivity contribution is 9.09. The van der Waals surface area contributed by atoms with Crippen LogP contribution >= 0.6 is 15.9 Å². The van der Waals surface area contributed by atoms with E-state index in [1.54, 1.807) is 0 Å². The van der Waals surface area contributed by atoms with E-state index in [0.717, 1.165) is 24.2 Å². The van der Waals surface area contributed by atoms with Crippen LogP contribution in [0.2, 0.25) is 0 Å². The molecule has 3 rings (SSSR count). The maximum Gasteiger partial charge on any atom is 0.0270 e. The third-order valence-corrected chi connectivity index (χ3v) is 6.34. The van der Waals surface area contributed by atoms with Crippen LogP contribution in [-0.2, 0) is 6.42 Å². The van der Waals surface area contributed by atoms with Crippen molar-refractivity contribution in [3.05, 3.63) is 30.1 Å². The van der Waals surface area contributed by atoms with Crippen LogP contribution < -0.4 is 0 Å². The van der Waals surface area contributed by atoms with Crippen LogP contribution in [0.25, 0.3) is 0 Å². The van der Waals surface area contributed by atoms with Gasteiger partial charge in [0.15, 0.2) is 0 Å². The largest absolute Gasteiger partial charge is 0.265 e. The highest BCUT2D eigenvalue weighted by Crippen LogP contribution is 2.45. The molecular formula is C17H24BrN. The molecule has 0 aromatic carbocycles. The van der Waals surface area contributed by atoms with E-state index in [9.17, 15) is 0 Å². The zero-order valence-electron chi connectivity index (χ0n) is 11.6. The maximum absolute atomic E-state index is 4.10. The number of hydrogen-bond acceptors (Lipinski definition) is 1. The summed E-state index contributed by atoms with van der Waals surface area (Å²) in [6, 6.07) is 4.31. The van der Waals surface area contributed by atoms with Crippen LogP contribution in [0, 0.1) is 17.8 Å². The van der Waals surface area contributed by atoms with Gasteiger partial charge in [0, 0.05) is 17.2 Å². The van der Waals surface area contributed by atoms with Crippen molar-refractivity contribution in [3.63, 3.8) is 0 Å². The minimum Gasteiger partial charge on any atom is -0.265 e. The SMILES string of the molecule is BrC(Cc1ccncc1)C1CCC2CCCCC2C1. The van der Waals surface area contributed by atoms with Gasteiger partial charge < -0.3 is 0 Å². The van der Waals surface area contributed by atoms with E-state index in [2.05, 4.69) is 33.0 Å². The Bertz CT molecular complexity index is 392. The lowest BCUT2D eigenvalue weighted by molar-refractivity contribution is 0.129. The average Bonchev–Trinajstić information content (AvgIpc) is 2.48. The van der Waals surface area contributed by atoms with E-state index >= 15 is 0 Å². The van der Waals surface area contributed by atoms with Crippen molar-refractivity contribution in [2.45, 2.75) is 56.2 Å². The summed E-state index contributed by atoms with van der Waals surface area (Å²) >= 11 is 3.97. The molecular weight excluding hydrogens is 298 g/mol. The highest BCUT2D eigenvalue weighted by atomic mass is 79.9. The number of rotatable bonds is 3. The molecule has 0 saturated heterocycles. The molecule has 1 aromatic heterocycles. The van der Waals surface area contributed by atoms with E-state index in [1.165, 1.54) is 50.5 Å². The lowest BCUT2D eigenvalue weighted by Crippen LogP contribution is -2.32. The molecule has 2 aliphatic rings. The fourth-order valence-corrected chi connectivity index (χ4v) is 5.00. The molecule has 1 aromatic rings. The van der Waals surface area contributed by atoms with Gasteiger partial charge in [-0.25, -0.2) is 0 Å². The minimum absolute atomic E-state index is 0.651. The predicted octanol–water partition coefficient (Wildman–Crippen LogP) is 4.99. The van der Waals surface area contributed by atoms with Gasteiger partial charge in [0.25, 0.3) is 0 Å². The number of fused-ring (bicyclic) bond motifs is 1. The summed E-state index contributed by atoms with van der Waals surface area (Å²) in [6.07, 6.45) is 15.3. The Balaban J connectivity index is 1.57. The van der Waals surface area contributed by atoms with Crippen LogP contribution in [0.15, 0.2) is 24.5 Å². The second kappa shape index (κ2) is 6.39. The van der Waals surface area contributed by atoms with E-state index in [0.29, 0.717) is 4.83 Å². The van der Waals surface area contributed by atoms with Gasteiger partial charge in [-0.05, 0) is 61.1 Å². The van der Waals surface area contributed by atoms with Crippen LogP contribution in [-0.4, -0.2) is 9.81 Å². The van der Waals surface area contributed by atoms with Gasteiger partial charge in [-0.2, -0.15) is 0 Å². The molecule has 4 atom stereocenters. The second-order valence-corrected chi connectivity index (χ2v) is 7.63. The van der Waals surface area contributed by atoms with Gasteiger partial charge in [0.2, 0.25) is 0 Å². The molecule has 2 heteroatoms. The highest BCUT2D eigenvalue weighted by Gasteiger charge is 2.34. The molecule has 19 heavy (non-hydrogen) atoms. The molecule has 2 fully saturated rings. The fraction of sp³-hybridized carbons (Fsp3) is 0.706. The van der Waals surface area contributed by atoms with Gasteiger partial charge >= 0.3 is 0 Å². The number of halogens is 1. The molecule has 0 bridgehead atoms. The third-order valence-electron chi connectivity index (χ3n) is 5.27. The first-order chi connectivity index (χ1) is 9.33. The molecule has 0 aliphatic heterocycles. The Morgan fingerprint density at radius 2 is 1.79 bits per heavy atom. The Morgan fingerprint density at radius 3 is 2.58 bits per heavy atom. The maximum atomic E-state index is 4.10. The van der Waals surface area contributed by atoms with Gasteiger partial charge in [-0.1, -0.05) is 41.6 Å². The Kier molecular flexibility index (Phi) is 4.57. The average molecular weight is 322 g/mol. The first-order valence-corrected chi connectivity index (χ1v) is 8.77. The number of alkyl halides is 1. The van der Waals surface area contributed by atoms with Crippen LogP contribution in [0.4, 0.5) is 0 Å². The van der Waals surface area contributed by atoms with Crippen molar-refractivity contribution in [2.75, 3.05) is 0 Å². The summed E-state index contributed by atoms with van der Waals surface area (Å²) in [5, 5.41) is 0. The van der Waals surface area contributed by atoms with E-state index in [-0.39, 0.29) is 0 Å². The lowest BCUT2D eigenvalue weighted by Gasteiger charge is -2.41. The first-order valence-electron chi connectivity index (χ1n) is 7.86. The van der Waals surface area contributed by atoms with Crippen molar-refractivity contribution in [1.29, 1.82) is 0 Å². The van der Waals surface area contributed by atoms with Gasteiger partial charge in [-0.15, -0.1) is 0 Å². The van der Waals surface area contributed by atoms with E-state index in [1.807, 2.05) is 12.4 Å². The van der Waals surface area contributed by atoms with Gasteiger partial charge in [0.1, 0.15) is 0 Å². The van der Waals surface area contributed by atoms with Crippen molar-refractivity contribution >= 4 is 15.9 Å². The monoisotopic (exact) mass is 321 g/mol. The number of aromatic nitrogens is 1. The smallest absolute Gasteiger partial charge is 0.0270 e. The normalized spacial score (nSPS) is 32.6. The Morgan fingerprint density at radius 1 is 1.05 bits per heavy atom. The first kappa shape index (κ1) is 13.6. The summed E-state index contributed by atoms with van der Waals surface area (Å²) in [6.45, 7) is 0. The summed E-state index contributed by atoms with van der Waals surface area (Å²) in [5.74, 6) is 2.98. The quantitative estimate of drug-likeness (QED) is 0.714. The topological polar surface area (TPSA) is 12.9 Å². The summed E-state index contributed by atoms with van der Waals surface area (Å²) < 4.78 is 0. The van der Waals surface area contributed by atoms with Gasteiger partial charge in [0.05, 0.1) is 0 Å². The van der Waals surface area contributed by atoms with Crippen molar-refractivity contribution in [3.8, 4) is 0 Å². The number of pyridine rings is 1. The summed E-state index contributed by atoms with van der Waals surface area (Å²) in [7, 11) is 0. The van der Waals surface area contributed by atoms with Crippen molar-refractivity contribution < 1.29 is 0 Å². The minimum atomic E-state index is 0.651. The number of hydrogen-bond donors (Lipinski definition) is 0. The molecule has 2 aliphatic carbocycles. The second-order valence-electron chi connectivity index (χ2n) is 6.45.